The molecule has 0 heterocycles. The molecule has 0 saturated carbocycles. The maximum atomic E-state index is 10.5. The average molecular weight is 276 g/mol. The molecule has 0 spiro atoms. The van der Waals surface area contributed by atoms with E-state index in [0.717, 1.165) is 4.47 Å². The normalized spacial score (nSPS) is 10.3. The number of hydrogen-bond donors (Lipinski definition) is 1. The summed E-state index contributed by atoms with van der Waals surface area (Å²) in [7, 11) is -3.91. The molecule has 0 aliphatic rings. The Hall–Kier alpha value is 0.410. The summed E-state index contributed by atoms with van der Waals surface area (Å²) in [5.74, 6) is 0.187. The van der Waals surface area contributed by atoms with Crippen LogP contribution in [0.1, 0.15) is 1.43 Å². The van der Waals surface area contributed by atoms with Gasteiger partial charge in [-0.25, -0.2) is 0 Å². The fourth-order valence-corrected chi connectivity index (χ4v) is 1.40. The van der Waals surface area contributed by atoms with Crippen molar-refractivity contribution in [3.8, 4) is 5.75 Å². The topological polar surface area (TPSA) is 69.4 Å². The van der Waals surface area contributed by atoms with Crippen LogP contribution in [0.15, 0.2) is 28.7 Å². The second-order valence-electron chi connectivity index (χ2n) is 2.03. The van der Waals surface area contributed by atoms with E-state index in [4.69, 9.17) is 0 Å². The summed E-state index contributed by atoms with van der Waals surface area (Å²) >= 11 is 3.15. The number of rotatable bonds is 2. The van der Waals surface area contributed by atoms with E-state index in [9.17, 15) is 8.42 Å². The van der Waals surface area contributed by atoms with Crippen LogP contribution in [0.4, 0.5) is 0 Å². The van der Waals surface area contributed by atoms with Crippen LogP contribution in [-0.2, 0) is 10.3 Å². The molecule has 0 radical (unpaired) electrons. The van der Waals surface area contributed by atoms with E-state index in [0.29, 0.717) is 0 Å². The van der Waals surface area contributed by atoms with Gasteiger partial charge < -0.3 is 5.61 Å². The summed E-state index contributed by atoms with van der Waals surface area (Å²) in [6.07, 6.45) is 0. The molecule has 1 aromatic rings. The van der Waals surface area contributed by atoms with Gasteiger partial charge >= 0.3 is 39.9 Å². The van der Waals surface area contributed by atoms with Gasteiger partial charge in [-0.05, 0) is 18.2 Å². The van der Waals surface area contributed by atoms with Crippen LogP contribution in [0.25, 0.3) is 0 Å². The zero-order valence-electron chi connectivity index (χ0n) is 7.90. The molecule has 13 heavy (non-hydrogen) atoms. The first kappa shape index (κ1) is 13.4. The molecule has 0 unspecified atom stereocenters. The summed E-state index contributed by atoms with van der Waals surface area (Å²) < 4.78 is 26.0. The van der Waals surface area contributed by atoms with Crippen molar-refractivity contribution in [2.45, 2.75) is 0 Å². The van der Waals surface area contributed by atoms with Crippen LogP contribution >= 0.6 is 15.9 Å². The Bertz CT molecular complexity index is 386. The van der Waals surface area contributed by atoms with E-state index in [-0.39, 0.29) is 36.7 Å². The zero-order valence-corrected chi connectivity index (χ0v) is 11.3. The van der Waals surface area contributed by atoms with Crippen molar-refractivity contribution in [2.75, 3.05) is 0 Å². The molecule has 0 saturated heterocycles. The molecule has 0 aliphatic carbocycles. The minimum Gasteiger partial charge on any atom is -1.00 e. The molecule has 0 fully saturated rings. The Morgan fingerprint density at radius 3 is 2.54 bits per heavy atom. The van der Waals surface area contributed by atoms with Crippen molar-refractivity contribution in [1.82, 2.24) is 0 Å². The molecule has 7 heteroatoms. The average Bonchev–Trinajstić information content (AvgIpc) is 1.82. The third kappa shape index (κ3) is 5.66. The largest absolute Gasteiger partial charge is 1.00 e. The Morgan fingerprint density at radius 1 is 1.46 bits per heavy atom. The van der Waals surface area contributed by atoms with Gasteiger partial charge in [-0.2, -0.15) is 13.6 Å². The molecule has 0 aliphatic heterocycles. The first-order valence-corrected chi connectivity index (χ1v) is 5.21. The minimum atomic E-state index is -3.91. The van der Waals surface area contributed by atoms with Gasteiger partial charge in [-0.3, -0.25) is 0 Å². The summed E-state index contributed by atoms with van der Waals surface area (Å²) in [5, 5.41) is 4.65. The molecule has 2 N–H and O–H groups in total. The van der Waals surface area contributed by atoms with Crippen LogP contribution in [0.3, 0.4) is 0 Å². The molecule has 0 amide bonds. The van der Waals surface area contributed by atoms with Gasteiger partial charge in [0.25, 0.3) is 0 Å². The molecule has 1 aromatic carbocycles. The van der Waals surface area contributed by atoms with Gasteiger partial charge in [0, 0.05) is 4.47 Å². The van der Waals surface area contributed by atoms with Crippen molar-refractivity contribution in [2.24, 2.45) is 5.14 Å². The molecular formula is C6H7BrNNaO3S. The SMILES string of the molecule is NS(=O)(=O)Oc1cccc(Br)c1.[H-].[Na+]. The van der Waals surface area contributed by atoms with Crippen LogP contribution in [0.2, 0.25) is 0 Å². The Morgan fingerprint density at radius 2 is 2.08 bits per heavy atom. The third-order valence-corrected chi connectivity index (χ3v) is 1.93. The van der Waals surface area contributed by atoms with E-state index in [1.807, 2.05) is 0 Å². The molecule has 0 atom stereocenters. The fourth-order valence-electron chi connectivity index (χ4n) is 0.653. The number of nitrogens with two attached hydrogens (primary N) is 1. The van der Waals surface area contributed by atoms with Crippen LogP contribution in [0, 0.1) is 0 Å². The van der Waals surface area contributed by atoms with E-state index < -0.39 is 10.3 Å². The van der Waals surface area contributed by atoms with Gasteiger partial charge in [0.2, 0.25) is 0 Å². The zero-order chi connectivity index (χ0) is 9.19. The van der Waals surface area contributed by atoms with E-state index in [2.05, 4.69) is 25.3 Å². The smallest absolute Gasteiger partial charge is 1.00 e. The first-order valence-electron chi connectivity index (χ1n) is 2.95. The van der Waals surface area contributed by atoms with E-state index in [1.54, 1.807) is 12.1 Å². The van der Waals surface area contributed by atoms with Crippen molar-refractivity contribution < 1.29 is 43.6 Å². The van der Waals surface area contributed by atoms with E-state index >= 15 is 0 Å². The Kier molecular flexibility index (Phi) is 5.50. The van der Waals surface area contributed by atoms with Gasteiger partial charge in [0.1, 0.15) is 5.75 Å². The Balaban J connectivity index is 0. The summed E-state index contributed by atoms with van der Waals surface area (Å²) in [6, 6.07) is 6.39. The number of halogens is 1. The summed E-state index contributed by atoms with van der Waals surface area (Å²) in [4.78, 5) is 0. The standard InChI is InChI=1S/C6H6BrNO3S.Na.H/c7-5-2-1-3-6(4-5)11-12(8,9)10;;/h1-4H,(H2,8,9,10);;/q;+1;-1. The maximum Gasteiger partial charge on any atom is 1.00 e. The molecular weight excluding hydrogens is 269 g/mol. The fraction of sp³-hybridized carbons (Fsp3) is 0. The van der Waals surface area contributed by atoms with E-state index in [1.165, 1.54) is 12.1 Å². The van der Waals surface area contributed by atoms with Crippen LogP contribution in [0.5, 0.6) is 5.75 Å². The van der Waals surface area contributed by atoms with Crippen molar-refractivity contribution in [3.63, 3.8) is 0 Å². The predicted molar refractivity (Wildman–Crippen MR) is 49.0 cm³/mol. The maximum absolute atomic E-state index is 10.5. The first-order chi connectivity index (χ1) is 5.47. The second-order valence-corrected chi connectivity index (χ2v) is 4.10. The van der Waals surface area contributed by atoms with Crippen LogP contribution < -0.4 is 38.9 Å². The van der Waals surface area contributed by atoms with Gasteiger partial charge in [0.05, 0.1) is 0 Å². The number of benzene rings is 1. The van der Waals surface area contributed by atoms with Gasteiger partial charge in [-0.1, -0.05) is 22.0 Å². The predicted octanol–water partition coefficient (Wildman–Crippen LogP) is -1.85. The third-order valence-electron chi connectivity index (χ3n) is 1.01. The van der Waals surface area contributed by atoms with Gasteiger partial charge in [-0.15, -0.1) is 0 Å². The Labute approximate surface area is 109 Å². The second kappa shape index (κ2) is 5.33. The van der Waals surface area contributed by atoms with Crippen molar-refractivity contribution >= 4 is 26.2 Å². The summed E-state index contributed by atoms with van der Waals surface area (Å²) in [5.41, 5.74) is 0. The molecule has 68 valence electrons. The number of hydrogen-bond acceptors (Lipinski definition) is 3. The molecule has 4 nitrogen and oxygen atoms in total. The summed E-state index contributed by atoms with van der Waals surface area (Å²) in [6.45, 7) is 0. The quantitative estimate of drug-likeness (QED) is 0.645. The minimum absolute atomic E-state index is 0. The molecule has 0 bridgehead atoms. The van der Waals surface area contributed by atoms with Crippen LogP contribution in [-0.4, -0.2) is 8.42 Å². The monoisotopic (exact) mass is 275 g/mol. The molecule has 0 aromatic heterocycles. The van der Waals surface area contributed by atoms with Gasteiger partial charge in [0.15, 0.2) is 0 Å². The van der Waals surface area contributed by atoms with Crippen molar-refractivity contribution in [1.29, 1.82) is 0 Å². The van der Waals surface area contributed by atoms with Crippen molar-refractivity contribution in [3.05, 3.63) is 28.7 Å². The molecule has 1 rings (SSSR count).